The molecule has 2 rings (SSSR count). The number of hydrogen-bond acceptors (Lipinski definition) is 3. The Labute approximate surface area is 94.9 Å². The van der Waals surface area contributed by atoms with Crippen molar-refractivity contribution in [3.8, 4) is 0 Å². The Hall–Kier alpha value is -1.29. The SMILES string of the molecule is O=C(c1ccoc1)N1CCCCCC1CO. The van der Waals surface area contributed by atoms with Crippen LogP contribution in [0.25, 0.3) is 0 Å². The van der Waals surface area contributed by atoms with Gasteiger partial charge in [0.1, 0.15) is 6.26 Å². The number of likely N-dealkylation sites (tertiary alicyclic amines) is 1. The van der Waals surface area contributed by atoms with Crippen LogP contribution >= 0.6 is 0 Å². The molecule has 4 nitrogen and oxygen atoms in total. The van der Waals surface area contributed by atoms with Crippen LogP contribution in [0.5, 0.6) is 0 Å². The molecule has 88 valence electrons. The first kappa shape index (κ1) is 11.2. The molecule has 1 aliphatic rings. The van der Waals surface area contributed by atoms with Crippen molar-refractivity contribution >= 4 is 5.91 Å². The number of carbonyl (C=O) groups excluding carboxylic acids is 1. The van der Waals surface area contributed by atoms with Gasteiger partial charge in [0.2, 0.25) is 0 Å². The molecule has 0 radical (unpaired) electrons. The fourth-order valence-electron chi connectivity index (χ4n) is 2.19. The lowest BCUT2D eigenvalue weighted by molar-refractivity contribution is 0.0599. The Kier molecular flexibility index (Phi) is 3.62. The highest BCUT2D eigenvalue weighted by molar-refractivity contribution is 5.94. The van der Waals surface area contributed by atoms with E-state index in [0.717, 1.165) is 32.2 Å². The molecule has 1 unspecified atom stereocenters. The summed E-state index contributed by atoms with van der Waals surface area (Å²) in [4.78, 5) is 13.9. The van der Waals surface area contributed by atoms with E-state index in [9.17, 15) is 9.90 Å². The van der Waals surface area contributed by atoms with Gasteiger partial charge in [0, 0.05) is 6.54 Å². The minimum Gasteiger partial charge on any atom is -0.472 e. The molecule has 0 bridgehead atoms. The lowest BCUT2D eigenvalue weighted by Gasteiger charge is -2.28. The summed E-state index contributed by atoms with van der Waals surface area (Å²) in [7, 11) is 0. The van der Waals surface area contributed by atoms with Gasteiger partial charge in [-0.3, -0.25) is 4.79 Å². The molecule has 1 aromatic heterocycles. The van der Waals surface area contributed by atoms with E-state index in [1.165, 1.54) is 12.5 Å². The van der Waals surface area contributed by atoms with Crippen LogP contribution in [0.2, 0.25) is 0 Å². The summed E-state index contributed by atoms with van der Waals surface area (Å²) < 4.78 is 4.92. The molecule has 0 aliphatic carbocycles. The molecule has 1 atom stereocenters. The highest BCUT2D eigenvalue weighted by Crippen LogP contribution is 2.19. The Morgan fingerprint density at radius 1 is 1.50 bits per heavy atom. The molecular formula is C12H17NO3. The van der Waals surface area contributed by atoms with Gasteiger partial charge >= 0.3 is 0 Å². The lowest BCUT2D eigenvalue weighted by atomic mass is 10.1. The molecule has 0 aromatic carbocycles. The standard InChI is InChI=1S/C12H17NO3/c14-8-11-4-2-1-3-6-13(11)12(15)10-5-7-16-9-10/h5,7,9,11,14H,1-4,6,8H2. The van der Waals surface area contributed by atoms with Crippen LogP contribution < -0.4 is 0 Å². The first-order chi connectivity index (χ1) is 7.83. The van der Waals surface area contributed by atoms with E-state index in [2.05, 4.69) is 0 Å². The number of hydrogen-bond donors (Lipinski definition) is 1. The molecule has 1 saturated heterocycles. The molecule has 4 heteroatoms. The van der Waals surface area contributed by atoms with Crippen molar-refractivity contribution in [2.75, 3.05) is 13.2 Å². The molecular weight excluding hydrogens is 206 g/mol. The van der Waals surface area contributed by atoms with Crippen LogP contribution in [0.1, 0.15) is 36.0 Å². The Balaban J connectivity index is 2.13. The first-order valence-electron chi connectivity index (χ1n) is 5.77. The Bertz CT molecular complexity index is 334. The van der Waals surface area contributed by atoms with Crippen LogP contribution in [-0.4, -0.2) is 35.1 Å². The van der Waals surface area contributed by atoms with Gasteiger partial charge in [0.25, 0.3) is 5.91 Å². The third kappa shape index (κ3) is 2.27. The van der Waals surface area contributed by atoms with E-state index >= 15 is 0 Å². The number of carbonyl (C=O) groups is 1. The summed E-state index contributed by atoms with van der Waals surface area (Å²) in [6.07, 6.45) is 7.08. The lowest BCUT2D eigenvalue weighted by Crippen LogP contribution is -2.41. The second kappa shape index (κ2) is 5.16. The molecule has 0 spiro atoms. The van der Waals surface area contributed by atoms with Gasteiger partial charge in [0.05, 0.1) is 24.5 Å². The topological polar surface area (TPSA) is 53.7 Å². The largest absolute Gasteiger partial charge is 0.472 e. The third-order valence-corrected chi connectivity index (χ3v) is 3.12. The number of aliphatic hydroxyl groups is 1. The van der Waals surface area contributed by atoms with E-state index < -0.39 is 0 Å². The Morgan fingerprint density at radius 3 is 3.06 bits per heavy atom. The van der Waals surface area contributed by atoms with Crippen LogP contribution in [0, 0.1) is 0 Å². The zero-order valence-electron chi connectivity index (χ0n) is 9.26. The minimum absolute atomic E-state index is 0.0327. The molecule has 1 N–H and O–H groups in total. The van der Waals surface area contributed by atoms with E-state index in [4.69, 9.17) is 4.42 Å². The summed E-state index contributed by atoms with van der Waals surface area (Å²) in [5.41, 5.74) is 0.570. The third-order valence-electron chi connectivity index (χ3n) is 3.12. The maximum Gasteiger partial charge on any atom is 0.257 e. The van der Waals surface area contributed by atoms with Gasteiger partial charge in [-0.15, -0.1) is 0 Å². The first-order valence-corrected chi connectivity index (χ1v) is 5.77. The van der Waals surface area contributed by atoms with Gasteiger partial charge < -0.3 is 14.4 Å². The summed E-state index contributed by atoms with van der Waals surface area (Å²) >= 11 is 0. The van der Waals surface area contributed by atoms with Crippen LogP contribution in [0.15, 0.2) is 23.0 Å². The molecule has 1 fully saturated rings. The number of aliphatic hydroxyl groups excluding tert-OH is 1. The summed E-state index contributed by atoms with van der Waals surface area (Å²) in [6.45, 7) is 0.777. The molecule has 1 aliphatic heterocycles. The van der Waals surface area contributed by atoms with Crippen molar-refractivity contribution in [2.24, 2.45) is 0 Å². The van der Waals surface area contributed by atoms with Crippen molar-refractivity contribution in [3.05, 3.63) is 24.2 Å². The quantitative estimate of drug-likeness (QED) is 0.829. The number of rotatable bonds is 2. The predicted octanol–water partition coefficient (Wildman–Crippen LogP) is 1.66. The molecule has 2 heterocycles. The van der Waals surface area contributed by atoms with Crippen LogP contribution in [0.4, 0.5) is 0 Å². The molecule has 16 heavy (non-hydrogen) atoms. The van der Waals surface area contributed by atoms with Crippen molar-refractivity contribution in [1.82, 2.24) is 4.90 Å². The van der Waals surface area contributed by atoms with E-state index in [-0.39, 0.29) is 18.6 Å². The van der Waals surface area contributed by atoms with Gasteiger partial charge in [-0.05, 0) is 18.9 Å². The molecule has 1 amide bonds. The fourth-order valence-corrected chi connectivity index (χ4v) is 2.19. The highest BCUT2D eigenvalue weighted by atomic mass is 16.3. The predicted molar refractivity (Wildman–Crippen MR) is 59.1 cm³/mol. The summed E-state index contributed by atoms with van der Waals surface area (Å²) in [5.74, 6) is -0.0327. The average molecular weight is 223 g/mol. The van der Waals surface area contributed by atoms with Crippen molar-refractivity contribution in [2.45, 2.75) is 31.7 Å². The maximum absolute atomic E-state index is 12.1. The van der Waals surface area contributed by atoms with Gasteiger partial charge in [-0.1, -0.05) is 12.8 Å². The van der Waals surface area contributed by atoms with Gasteiger partial charge in [0.15, 0.2) is 0 Å². The van der Waals surface area contributed by atoms with Crippen molar-refractivity contribution in [1.29, 1.82) is 0 Å². The zero-order valence-corrected chi connectivity index (χ0v) is 9.26. The van der Waals surface area contributed by atoms with Gasteiger partial charge in [-0.25, -0.2) is 0 Å². The molecule has 0 saturated carbocycles. The second-order valence-electron chi connectivity index (χ2n) is 4.20. The van der Waals surface area contributed by atoms with Crippen molar-refractivity contribution < 1.29 is 14.3 Å². The Morgan fingerprint density at radius 2 is 2.38 bits per heavy atom. The smallest absolute Gasteiger partial charge is 0.257 e. The average Bonchev–Trinajstić information content (AvgIpc) is 2.73. The van der Waals surface area contributed by atoms with Gasteiger partial charge in [-0.2, -0.15) is 0 Å². The normalized spacial score (nSPS) is 21.8. The summed E-state index contributed by atoms with van der Waals surface area (Å²) in [5, 5.41) is 9.32. The maximum atomic E-state index is 12.1. The minimum atomic E-state index is -0.0371. The summed E-state index contributed by atoms with van der Waals surface area (Å²) in [6, 6.07) is 1.63. The van der Waals surface area contributed by atoms with Crippen molar-refractivity contribution in [3.63, 3.8) is 0 Å². The second-order valence-corrected chi connectivity index (χ2v) is 4.20. The molecule has 1 aromatic rings. The zero-order chi connectivity index (χ0) is 11.4. The highest BCUT2D eigenvalue weighted by Gasteiger charge is 2.25. The number of nitrogens with zero attached hydrogens (tertiary/aromatic N) is 1. The number of amides is 1. The number of furan rings is 1. The van der Waals surface area contributed by atoms with E-state index in [0.29, 0.717) is 5.56 Å². The fraction of sp³-hybridized carbons (Fsp3) is 0.583. The van der Waals surface area contributed by atoms with E-state index in [1.807, 2.05) is 0 Å². The monoisotopic (exact) mass is 223 g/mol. The van der Waals surface area contributed by atoms with Crippen LogP contribution in [0.3, 0.4) is 0 Å². The van der Waals surface area contributed by atoms with E-state index in [1.54, 1.807) is 11.0 Å². The van der Waals surface area contributed by atoms with Crippen LogP contribution in [-0.2, 0) is 0 Å².